The van der Waals surface area contributed by atoms with E-state index in [2.05, 4.69) is 30.3 Å². The summed E-state index contributed by atoms with van der Waals surface area (Å²) >= 11 is 0. The zero-order valence-corrected chi connectivity index (χ0v) is 11.4. The largest absolute Gasteiger partial charge is 0.382 e. The smallest absolute Gasteiger partial charge is 0.0915 e. The minimum absolute atomic E-state index is 0.495. The van der Waals surface area contributed by atoms with Gasteiger partial charge in [-0.1, -0.05) is 11.6 Å². The standard InChI is InChI=1S/C13H26N2O2/c1-12(2)4-7-15-8-5-13(6-9-15)14-17-11-10-16-3/h4,13-14H,5-11H2,1-3H3. The van der Waals surface area contributed by atoms with Gasteiger partial charge in [-0.3, -0.25) is 9.74 Å². The third-order valence-electron chi connectivity index (χ3n) is 2.98. The van der Waals surface area contributed by atoms with Crippen LogP contribution in [-0.4, -0.2) is 50.9 Å². The summed E-state index contributed by atoms with van der Waals surface area (Å²) in [5.74, 6) is 0. The van der Waals surface area contributed by atoms with Crippen LogP contribution in [0.1, 0.15) is 26.7 Å². The van der Waals surface area contributed by atoms with Crippen molar-refractivity contribution in [1.82, 2.24) is 10.4 Å². The summed E-state index contributed by atoms with van der Waals surface area (Å²) < 4.78 is 4.92. The maximum atomic E-state index is 5.34. The first-order chi connectivity index (χ1) is 8.22. The third-order valence-corrected chi connectivity index (χ3v) is 2.98. The van der Waals surface area contributed by atoms with E-state index in [1.165, 1.54) is 5.57 Å². The summed E-state index contributed by atoms with van der Waals surface area (Å²) in [6, 6.07) is 0.495. The Morgan fingerprint density at radius 2 is 2.00 bits per heavy atom. The Hall–Kier alpha value is -0.420. The summed E-state index contributed by atoms with van der Waals surface area (Å²) in [6.45, 7) is 8.94. The maximum absolute atomic E-state index is 5.34. The molecule has 0 unspecified atom stereocenters. The van der Waals surface area contributed by atoms with Crippen LogP contribution in [0.3, 0.4) is 0 Å². The lowest BCUT2D eigenvalue weighted by atomic mass is 10.1. The Bertz CT molecular complexity index is 219. The number of nitrogens with zero attached hydrogens (tertiary/aromatic N) is 1. The molecule has 0 aromatic heterocycles. The van der Waals surface area contributed by atoms with Gasteiger partial charge in [0, 0.05) is 32.8 Å². The summed E-state index contributed by atoms with van der Waals surface area (Å²) in [7, 11) is 1.69. The Kier molecular flexibility index (Phi) is 7.44. The monoisotopic (exact) mass is 242 g/mol. The van der Waals surface area contributed by atoms with Gasteiger partial charge in [0.05, 0.1) is 13.2 Å². The predicted molar refractivity (Wildman–Crippen MR) is 69.9 cm³/mol. The first kappa shape index (κ1) is 14.6. The Balaban J connectivity index is 2.07. The zero-order valence-electron chi connectivity index (χ0n) is 11.4. The van der Waals surface area contributed by atoms with Gasteiger partial charge in [0.25, 0.3) is 0 Å². The first-order valence-electron chi connectivity index (χ1n) is 6.44. The Morgan fingerprint density at radius 3 is 2.59 bits per heavy atom. The molecule has 0 radical (unpaired) electrons. The van der Waals surface area contributed by atoms with E-state index in [9.17, 15) is 0 Å². The molecule has 0 aromatic carbocycles. The molecule has 4 nitrogen and oxygen atoms in total. The number of hydrogen-bond donors (Lipinski definition) is 1. The highest BCUT2D eigenvalue weighted by atomic mass is 16.7. The van der Waals surface area contributed by atoms with E-state index in [1.807, 2.05) is 0 Å². The van der Waals surface area contributed by atoms with Crippen LogP contribution in [0.5, 0.6) is 0 Å². The molecule has 1 aliphatic rings. The number of methoxy groups -OCH3 is 1. The number of nitrogens with one attached hydrogen (secondary N) is 1. The van der Waals surface area contributed by atoms with Crippen LogP contribution in [0.25, 0.3) is 0 Å². The molecule has 1 heterocycles. The summed E-state index contributed by atoms with van der Waals surface area (Å²) in [5, 5.41) is 0. The van der Waals surface area contributed by atoms with E-state index < -0.39 is 0 Å². The van der Waals surface area contributed by atoms with Crippen molar-refractivity contribution in [2.24, 2.45) is 0 Å². The van der Waals surface area contributed by atoms with Crippen molar-refractivity contribution in [3.05, 3.63) is 11.6 Å². The fourth-order valence-corrected chi connectivity index (χ4v) is 1.85. The number of likely N-dealkylation sites (tertiary alicyclic amines) is 1. The van der Waals surface area contributed by atoms with Gasteiger partial charge in [-0.25, -0.2) is 0 Å². The van der Waals surface area contributed by atoms with Crippen molar-refractivity contribution in [1.29, 1.82) is 0 Å². The van der Waals surface area contributed by atoms with Gasteiger partial charge < -0.3 is 4.74 Å². The van der Waals surface area contributed by atoms with Crippen LogP contribution >= 0.6 is 0 Å². The minimum atomic E-state index is 0.495. The molecule has 1 saturated heterocycles. The molecule has 0 saturated carbocycles. The van der Waals surface area contributed by atoms with Gasteiger partial charge in [-0.2, -0.15) is 5.48 Å². The molecule has 0 spiro atoms. The van der Waals surface area contributed by atoms with Gasteiger partial charge in [0.1, 0.15) is 0 Å². The molecule has 0 amide bonds. The number of allylic oxidation sites excluding steroid dienone is 1. The Morgan fingerprint density at radius 1 is 1.29 bits per heavy atom. The van der Waals surface area contributed by atoms with Crippen LogP contribution in [0.2, 0.25) is 0 Å². The molecule has 0 aromatic rings. The lowest BCUT2D eigenvalue weighted by Crippen LogP contribution is -2.42. The second-order valence-corrected chi connectivity index (χ2v) is 4.82. The van der Waals surface area contributed by atoms with E-state index in [-0.39, 0.29) is 0 Å². The number of ether oxygens (including phenoxy) is 1. The van der Waals surface area contributed by atoms with E-state index in [1.54, 1.807) is 7.11 Å². The number of hydrogen-bond acceptors (Lipinski definition) is 4. The van der Waals surface area contributed by atoms with Crippen molar-refractivity contribution in [3.8, 4) is 0 Å². The van der Waals surface area contributed by atoms with E-state index >= 15 is 0 Å². The Labute approximate surface area is 105 Å². The minimum Gasteiger partial charge on any atom is -0.382 e. The van der Waals surface area contributed by atoms with E-state index in [0.29, 0.717) is 19.3 Å². The zero-order chi connectivity index (χ0) is 12.5. The van der Waals surface area contributed by atoms with Gasteiger partial charge >= 0.3 is 0 Å². The van der Waals surface area contributed by atoms with Crippen molar-refractivity contribution < 1.29 is 9.57 Å². The molecule has 4 heteroatoms. The quantitative estimate of drug-likeness (QED) is 0.417. The summed E-state index contributed by atoms with van der Waals surface area (Å²) in [4.78, 5) is 7.83. The number of rotatable bonds is 7. The molecular weight excluding hydrogens is 216 g/mol. The highest BCUT2D eigenvalue weighted by Crippen LogP contribution is 2.10. The molecule has 0 bridgehead atoms. The van der Waals surface area contributed by atoms with E-state index in [0.717, 1.165) is 32.5 Å². The average molecular weight is 242 g/mol. The summed E-state index contributed by atoms with van der Waals surface area (Å²) in [5.41, 5.74) is 4.52. The fourth-order valence-electron chi connectivity index (χ4n) is 1.85. The van der Waals surface area contributed by atoms with Gasteiger partial charge in [0.15, 0.2) is 0 Å². The highest BCUT2D eigenvalue weighted by molar-refractivity contribution is 4.95. The normalized spacial score (nSPS) is 18.3. The average Bonchev–Trinajstić information content (AvgIpc) is 2.33. The predicted octanol–water partition coefficient (Wildman–Crippen LogP) is 1.58. The molecule has 1 rings (SSSR count). The second-order valence-electron chi connectivity index (χ2n) is 4.82. The van der Waals surface area contributed by atoms with Crippen LogP contribution in [0.15, 0.2) is 11.6 Å². The van der Waals surface area contributed by atoms with Crippen LogP contribution in [0, 0.1) is 0 Å². The third kappa shape index (κ3) is 6.78. The topological polar surface area (TPSA) is 33.7 Å². The van der Waals surface area contributed by atoms with Gasteiger partial charge in [0.2, 0.25) is 0 Å². The van der Waals surface area contributed by atoms with Crippen molar-refractivity contribution in [2.75, 3.05) is 40.0 Å². The maximum Gasteiger partial charge on any atom is 0.0915 e. The number of piperidine rings is 1. The SMILES string of the molecule is COCCONC1CCN(CC=C(C)C)CC1. The van der Waals surface area contributed by atoms with Crippen LogP contribution in [-0.2, 0) is 9.57 Å². The molecule has 1 N–H and O–H groups in total. The van der Waals surface area contributed by atoms with Crippen molar-refractivity contribution in [3.63, 3.8) is 0 Å². The van der Waals surface area contributed by atoms with Gasteiger partial charge in [-0.05, 0) is 26.7 Å². The first-order valence-corrected chi connectivity index (χ1v) is 6.44. The molecule has 0 atom stereocenters. The van der Waals surface area contributed by atoms with Crippen LogP contribution < -0.4 is 5.48 Å². The summed E-state index contributed by atoms with van der Waals surface area (Å²) in [6.07, 6.45) is 4.61. The molecular formula is C13H26N2O2. The fraction of sp³-hybridized carbons (Fsp3) is 0.846. The molecule has 1 aliphatic heterocycles. The molecule has 17 heavy (non-hydrogen) atoms. The lowest BCUT2D eigenvalue weighted by molar-refractivity contribution is -0.0228. The molecule has 100 valence electrons. The van der Waals surface area contributed by atoms with Crippen molar-refractivity contribution >= 4 is 0 Å². The second kappa shape index (κ2) is 8.64. The molecule has 1 fully saturated rings. The van der Waals surface area contributed by atoms with Crippen molar-refractivity contribution in [2.45, 2.75) is 32.7 Å². The molecule has 0 aliphatic carbocycles. The van der Waals surface area contributed by atoms with E-state index in [4.69, 9.17) is 9.57 Å². The van der Waals surface area contributed by atoms with Crippen LogP contribution in [0.4, 0.5) is 0 Å². The number of hydroxylamine groups is 1. The highest BCUT2D eigenvalue weighted by Gasteiger charge is 2.17. The lowest BCUT2D eigenvalue weighted by Gasteiger charge is -2.31. The van der Waals surface area contributed by atoms with Gasteiger partial charge in [-0.15, -0.1) is 0 Å².